The Hall–Kier alpha value is -1.85. The van der Waals surface area contributed by atoms with Crippen molar-refractivity contribution in [3.63, 3.8) is 0 Å². The highest BCUT2D eigenvalue weighted by atomic mass is 35.5. The van der Waals surface area contributed by atoms with Crippen LogP contribution in [0.3, 0.4) is 0 Å². The van der Waals surface area contributed by atoms with E-state index in [1.165, 1.54) is 0 Å². The van der Waals surface area contributed by atoms with Crippen molar-refractivity contribution < 1.29 is 4.79 Å². The van der Waals surface area contributed by atoms with Crippen molar-refractivity contribution in [2.45, 2.75) is 45.6 Å². The molecular formula is C19H29ClN4O. The van der Waals surface area contributed by atoms with Crippen LogP contribution >= 0.6 is 12.4 Å². The van der Waals surface area contributed by atoms with Gasteiger partial charge in [-0.05, 0) is 43.4 Å². The lowest BCUT2D eigenvalue weighted by Gasteiger charge is -2.31. The maximum Gasteiger partial charge on any atom is 0.220 e. The Morgan fingerprint density at radius 3 is 2.60 bits per heavy atom. The van der Waals surface area contributed by atoms with Gasteiger partial charge in [-0.2, -0.15) is 5.10 Å². The summed E-state index contributed by atoms with van der Waals surface area (Å²) in [4.78, 5) is 12.3. The molecule has 0 fully saturated rings. The second-order valence-electron chi connectivity index (χ2n) is 7.04. The third kappa shape index (κ3) is 6.52. The Morgan fingerprint density at radius 2 is 2.00 bits per heavy atom. The predicted octanol–water partition coefficient (Wildman–Crippen LogP) is 3.11. The van der Waals surface area contributed by atoms with Gasteiger partial charge in [0.1, 0.15) is 0 Å². The molecule has 2 rings (SSSR count). The number of hydrogen-bond acceptors (Lipinski definition) is 3. The highest BCUT2D eigenvalue weighted by Crippen LogP contribution is 2.16. The normalized spacial score (nSPS) is 13.2. The molecular weight excluding hydrogens is 336 g/mol. The standard InChI is InChI=1S/C19H28N4O.ClH/c1-15(2)11-19(3,14-20)22-18(24)10-9-16-12-21-23(13-16)17-7-5-4-6-8-17;/h4-8,12-13,15H,9-11,14,20H2,1-3H3,(H,22,24);1H. The Morgan fingerprint density at radius 1 is 1.32 bits per heavy atom. The van der Waals surface area contributed by atoms with Crippen LogP contribution in [0.25, 0.3) is 5.69 Å². The van der Waals surface area contributed by atoms with Crippen molar-refractivity contribution >= 4 is 18.3 Å². The maximum atomic E-state index is 12.3. The van der Waals surface area contributed by atoms with Crippen molar-refractivity contribution in [1.29, 1.82) is 0 Å². The van der Waals surface area contributed by atoms with E-state index in [-0.39, 0.29) is 23.9 Å². The van der Waals surface area contributed by atoms with Crippen molar-refractivity contribution in [3.8, 4) is 5.69 Å². The van der Waals surface area contributed by atoms with Gasteiger partial charge in [-0.15, -0.1) is 12.4 Å². The van der Waals surface area contributed by atoms with Crippen LogP contribution in [-0.2, 0) is 11.2 Å². The van der Waals surface area contributed by atoms with Gasteiger partial charge in [-0.1, -0.05) is 32.0 Å². The minimum atomic E-state index is -0.334. The largest absolute Gasteiger partial charge is 0.350 e. The molecule has 6 heteroatoms. The number of para-hydroxylation sites is 1. The van der Waals surface area contributed by atoms with Gasteiger partial charge in [0.05, 0.1) is 11.9 Å². The lowest BCUT2D eigenvalue weighted by atomic mass is 9.90. The third-order valence-electron chi connectivity index (χ3n) is 4.05. The molecule has 0 saturated heterocycles. The number of benzene rings is 1. The molecule has 0 aliphatic rings. The van der Waals surface area contributed by atoms with E-state index in [1.807, 2.05) is 54.3 Å². The van der Waals surface area contributed by atoms with Crippen molar-refractivity contribution in [2.24, 2.45) is 11.7 Å². The first-order valence-corrected chi connectivity index (χ1v) is 8.52. The number of halogens is 1. The van der Waals surface area contributed by atoms with Gasteiger partial charge in [0, 0.05) is 24.7 Å². The summed E-state index contributed by atoms with van der Waals surface area (Å²) >= 11 is 0. The van der Waals surface area contributed by atoms with Crippen molar-refractivity contribution in [1.82, 2.24) is 15.1 Å². The Bertz CT molecular complexity index is 656. The number of rotatable bonds is 8. The summed E-state index contributed by atoms with van der Waals surface area (Å²) in [6, 6.07) is 9.94. The molecule has 0 spiro atoms. The number of nitrogens with two attached hydrogens (primary N) is 1. The van der Waals surface area contributed by atoms with Crippen LogP contribution in [0, 0.1) is 5.92 Å². The second-order valence-corrected chi connectivity index (χ2v) is 7.04. The van der Waals surface area contributed by atoms with Crippen LogP contribution in [0.5, 0.6) is 0 Å². The summed E-state index contributed by atoms with van der Waals surface area (Å²) < 4.78 is 1.83. The first-order valence-electron chi connectivity index (χ1n) is 8.52. The van der Waals surface area contributed by atoms with Crippen LogP contribution in [0.1, 0.15) is 39.2 Å². The summed E-state index contributed by atoms with van der Waals surface area (Å²) in [5.41, 5.74) is 7.58. The average molecular weight is 365 g/mol. The number of amides is 1. The summed E-state index contributed by atoms with van der Waals surface area (Å²) in [6.45, 7) is 6.73. The molecule has 0 aliphatic heterocycles. The molecule has 1 heterocycles. The molecule has 2 aromatic rings. The van der Waals surface area contributed by atoms with E-state index >= 15 is 0 Å². The Balaban J connectivity index is 0.00000312. The molecule has 25 heavy (non-hydrogen) atoms. The Kier molecular flexibility index (Phi) is 8.13. The number of carbonyl (C=O) groups excluding carboxylic acids is 1. The fourth-order valence-electron chi connectivity index (χ4n) is 2.95. The first kappa shape index (κ1) is 21.2. The topological polar surface area (TPSA) is 72.9 Å². The van der Waals surface area contributed by atoms with E-state index in [0.29, 0.717) is 25.3 Å². The van der Waals surface area contributed by atoms with E-state index in [4.69, 9.17) is 5.73 Å². The fraction of sp³-hybridized carbons (Fsp3) is 0.474. The minimum absolute atomic E-state index is 0. The highest BCUT2D eigenvalue weighted by Gasteiger charge is 2.25. The molecule has 1 unspecified atom stereocenters. The molecule has 0 radical (unpaired) electrons. The highest BCUT2D eigenvalue weighted by molar-refractivity contribution is 5.85. The lowest BCUT2D eigenvalue weighted by molar-refractivity contribution is -0.122. The van der Waals surface area contributed by atoms with Crippen LogP contribution < -0.4 is 11.1 Å². The van der Waals surface area contributed by atoms with E-state index in [1.54, 1.807) is 0 Å². The van der Waals surface area contributed by atoms with E-state index in [2.05, 4.69) is 24.3 Å². The quantitative estimate of drug-likeness (QED) is 0.755. The predicted molar refractivity (Wildman–Crippen MR) is 104 cm³/mol. The molecule has 0 saturated carbocycles. The number of aryl methyl sites for hydroxylation is 1. The zero-order chi connectivity index (χ0) is 17.6. The molecule has 0 bridgehead atoms. The van der Waals surface area contributed by atoms with Crippen LogP contribution in [-0.4, -0.2) is 27.8 Å². The molecule has 0 aliphatic carbocycles. The second kappa shape index (κ2) is 9.59. The number of hydrogen-bond donors (Lipinski definition) is 2. The Labute approximate surface area is 156 Å². The van der Waals surface area contributed by atoms with Gasteiger partial charge in [0.25, 0.3) is 0 Å². The van der Waals surface area contributed by atoms with E-state index < -0.39 is 0 Å². The number of aromatic nitrogens is 2. The van der Waals surface area contributed by atoms with E-state index in [9.17, 15) is 4.79 Å². The zero-order valence-electron chi connectivity index (χ0n) is 15.2. The molecule has 5 nitrogen and oxygen atoms in total. The third-order valence-corrected chi connectivity index (χ3v) is 4.05. The first-order chi connectivity index (χ1) is 11.4. The number of nitrogens with zero attached hydrogens (tertiary/aromatic N) is 2. The van der Waals surface area contributed by atoms with Gasteiger partial charge in [-0.25, -0.2) is 4.68 Å². The molecule has 1 atom stereocenters. The molecule has 138 valence electrons. The summed E-state index contributed by atoms with van der Waals surface area (Å²) in [5, 5.41) is 7.45. The SMILES string of the molecule is CC(C)CC(C)(CN)NC(=O)CCc1cnn(-c2ccccc2)c1.Cl. The van der Waals surface area contributed by atoms with Crippen molar-refractivity contribution in [3.05, 3.63) is 48.3 Å². The van der Waals surface area contributed by atoms with Gasteiger partial charge >= 0.3 is 0 Å². The number of nitrogens with one attached hydrogen (secondary N) is 1. The number of carbonyl (C=O) groups is 1. The molecule has 1 aromatic carbocycles. The van der Waals surface area contributed by atoms with Crippen LogP contribution in [0.4, 0.5) is 0 Å². The monoisotopic (exact) mass is 364 g/mol. The minimum Gasteiger partial charge on any atom is -0.350 e. The van der Waals surface area contributed by atoms with Crippen molar-refractivity contribution in [2.75, 3.05) is 6.54 Å². The maximum absolute atomic E-state index is 12.3. The average Bonchev–Trinajstić information content (AvgIpc) is 3.02. The molecule has 1 aromatic heterocycles. The van der Waals surface area contributed by atoms with Crippen LogP contribution in [0.15, 0.2) is 42.7 Å². The molecule has 3 N–H and O–H groups in total. The van der Waals surface area contributed by atoms with Gasteiger partial charge in [-0.3, -0.25) is 4.79 Å². The van der Waals surface area contributed by atoms with Gasteiger partial charge in [0.2, 0.25) is 5.91 Å². The fourth-order valence-corrected chi connectivity index (χ4v) is 2.95. The van der Waals surface area contributed by atoms with E-state index in [0.717, 1.165) is 17.7 Å². The summed E-state index contributed by atoms with van der Waals surface area (Å²) in [5.74, 6) is 0.527. The molecule has 1 amide bonds. The summed E-state index contributed by atoms with van der Waals surface area (Å²) in [6.07, 6.45) is 5.77. The zero-order valence-corrected chi connectivity index (χ0v) is 16.1. The lowest BCUT2D eigenvalue weighted by Crippen LogP contribution is -2.52. The van der Waals surface area contributed by atoms with Gasteiger partial charge < -0.3 is 11.1 Å². The van der Waals surface area contributed by atoms with Gasteiger partial charge in [0.15, 0.2) is 0 Å². The van der Waals surface area contributed by atoms with Crippen LogP contribution in [0.2, 0.25) is 0 Å². The smallest absolute Gasteiger partial charge is 0.220 e. The summed E-state index contributed by atoms with van der Waals surface area (Å²) in [7, 11) is 0.